The number of nitrogens with one attached hydrogen (secondary N) is 1. The van der Waals surface area contributed by atoms with Crippen LogP contribution in [0.3, 0.4) is 0 Å². The van der Waals surface area contributed by atoms with Crippen LogP contribution in [0.15, 0.2) is 48.5 Å². The number of benzene rings is 2. The van der Waals surface area contributed by atoms with E-state index >= 15 is 0 Å². The summed E-state index contributed by atoms with van der Waals surface area (Å²) in [6.07, 6.45) is 3.31. The topological polar surface area (TPSA) is 52.7 Å². The van der Waals surface area contributed by atoms with E-state index < -0.39 is 0 Å². The van der Waals surface area contributed by atoms with Gasteiger partial charge in [-0.2, -0.15) is 0 Å². The predicted molar refractivity (Wildman–Crippen MR) is 106 cm³/mol. The Morgan fingerprint density at radius 1 is 1.15 bits per heavy atom. The highest BCUT2D eigenvalue weighted by atomic mass is 16.2. The Bertz CT molecular complexity index is 850. The molecule has 2 amide bonds. The van der Waals surface area contributed by atoms with E-state index in [0.29, 0.717) is 17.7 Å². The first-order valence-corrected chi connectivity index (χ1v) is 9.73. The van der Waals surface area contributed by atoms with Crippen molar-refractivity contribution in [2.24, 2.45) is 0 Å². The fraction of sp³-hybridized carbons (Fsp3) is 0.364. The molecule has 1 atom stereocenters. The lowest BCUT2D eigenvalue weighted by molar-refractivity contribution is 0.0582. The molecule has 2 aliphatic heterocycles. The molecule has 0 aromatic heterocycles. The third-order valence-electron chi connectivity index (χ3n) is 5.53. The number of anilines is 1. The van der Waals surface area contributed by atoms with Crippen LogP contribution in [-0.4, -0.2) is 36.0 Å². The second kappa shape index (κ2) is 7.43. The predicted octanol–water partition coefficient (Wildman–Crippen LogP) is 3.41. The van der Waals surface area contributed by atoms with Crippen molar-refractivity contribution in [3.05, 3.63) is 65.2 Å². The molecule has 0 radical (unpaired) electrons. The molecule has 1 saturated heterocycles. The van der Waals surface area contributed by atoms with Gasteiger partial charge in [0.25, 0.3) is 11.8 Å². The minimum Gasteiger partial charge on any atom is -0.351 e. The van der Waals surface area contributed by atoms with Crippen molar-refractivity contribution in [3.8, 4) is 0 Å². The van der Waals surface area contributed by atoms with Gasteiger partial charge in [-0.05, 0) is 49.9 Å². The van der Waals surface area contributed by atoms with Crippen molar-refractivity contribution in [2.45, 2.75) is 38.9 Å². The fourth-order valence-electron chi connectivity index (χ4n) is 4.14. The smallest absolute Gasteiger partial charge is 0.257 e. The van der Waals surface area contributed by atoms with E-state index in [2.05, 4.69) is 17.1 Å². The molecule has 1 fully saturated rings. The van der Waals surface area contributed by atoms with Crippen molar-refractivity contribution in [1.29, 1.82) is 0 Å². The first kappa shape index (κ1) is 17.6. The molecule has 0 aliphatic carbocycles. The first-order valence-electron chi connectivity index (χ1n) is 9.73. The van der Waals surface area contributed by atoms with E-state index in [1.54, 1.807) is 6.07 Å². The second-order valence-electron chi connectivity index (χ2n) is 7.16. The monoisotopic (exact) mass is 363 g/mol. The van der Waals surface area contributed by atoms with Crippen LogP contribution >= 0.6 is 0 Å². The van der Waals surface area contributed by atoms with Crippen LogP contribution in [0.1, 0.15) is 52.5 Å². The molecule has 1 N–H and O–H groups in total. The average Bonchev–Trinajstić information content (AvgIpc) is 2.73. The number of piperidine rings is 1. The molecule has 0 spiro atoms. The Morgan fingerprint density at radius 3 is 2.74 bits per heavy atom. The fourth-order valence-corrected chi connectivity index (χ4v) is 4.14. The maximum Gasteiger partial charge on any atom is 0.257 e. The van der Waals surface area contributed by atoms with Gasteiger partial charge in [0.2, 0.25) is 0 Å². The van der Waals surface area contributed by atoms with Crippen LogP contribution in [0, 0.1) is 0 Å². The quantitative estimate of drug-likeness (QED) is 0.906. The highest BCUT2D eigenvalue weighted by Gasteiger charge is 2.38. The van der Waals surface area contributed by atoms with Crippen LogP contribution in [0.4, 0.5) is 5.69 Å². The molecular formula is C22H25N3O2. The number of amides is 2. The normalized spacial score (nSPS) is 18.7. The SMILES string of the molecule is CCN1c2cc(C(=O)NCc3ccccc3)ccc2C(=O)N2CCCC[C@H]21. The summed E-state index contributed by atoms with van der Waals surface area (Å²) >= 11 is 0. The van der Waals surface area contributed by atoms with Crippen molar-refractivity contribution in [2.75, 3.05) is 18.0 Å². The lowest BCUT2D eigenvalue weighted by Crippen LogP contribution is -2.57. The van der Waals surface area contributed by atoms with E-state index in [4.69, 9.17) is 0 Å². The van der Waals surface area contributed by atoms with Crippen molar-refractivity contribution in [3.63, 3.8) is 0 Å². The van der Waals surface area contributed by atoms with Crippen LogP contribution in [0.2, 0.25) is 0 Å². The Hall–Kier alpha value is -2.82. The summed E-state index contributed by atoms with van der Waals surface area (Å²) in [5, 5.41) is 2.97. The summed E-state index contributed by atoms with van der Waals surface area (Å²) in [6, 6.07) is 15.3. The third-order valence-corrected chi connectivity index (χ3v) is 5.53. The Kier molecular flexibility index (Phi) is 4.84. The van der Waals surface area contributed by atoms with Gasteiger partial charge in [-0.3, -0.25) is 9.59 Å². The first-order chi connectivity index (χ1) is 13.2. The zero-order valence-electron chi connectivity index (χ0n) is 15.6. The van der Waals surface area contributed by atoms with Gasteiger partial charge in [-0.15, -0.1) is 0 Å². The van der Waals surface area contributed by atoms with Crippen molar-refractivity contribution < 1.29 is 9.59 Å². The second-order valence-corrected chi connectivity index (χ2v) is 7.16. The molecule has 2 aliphatic rings. The molecule has 0 unspecified atom stereocenters. The summed E-state index contributed by atoms with van der Waals surface area (Å²) in [5.74, 6) is -0.0214. The highest BCUT2D eigenvalue weighted by Crippen LogP contribution is 2.35. The summed E-state index contributed by atoms with van der Waals surface area (Å²) in [5.41, 5.74) is 3.25. The molecule has 5 heteroatoms. The van der Waals surface area contributed by atoms with Crippen molar-refractivity contribution in [1.82, 2.24) is 10.2 Å². The Morgan fingerprint density at radius 2 is 1.96 bits per heavy atom. The van der Waals surface area contributed by atoms with E-state index in [9.17, 15) is 9.59 Å². The van der Waals surface area contributed by atoms with Crippen LogP contribution in [0.5, 0.6) is 0 Å². The van der Waals surface area contributed by atoms with Gasteiger partial charge >= 0.3 is 0 Å². The van der Waals surface area contributed by atoms with E-state index in [-0.39, 0.29) is 18.0 Å². The number of carbonyl (C=O) groups excluding carboxylic acids is 2. The molecule has 0 saturated carbocycles. The maximum atomic E-state index is 12.9. The minimum atomic E-state index is -0.115. The van der Waals surface area contributed by atoms with Gasteiger partial charge in [0, 0.05) is 25.2 Å². The number of rotatable bonds is 4. The molecule has 2 aromatic rings. The lowest BCUT2D eigenvalue weighted by Gasteiger charge is -2.47. The molecular weight excluding hydrogens is 338 g/mol. The van der Waals surface area contributed by atoms with Gasteiger partial charge in [-0.1, -0.05) is 30.3 Å². The van der Waals surface area contributed by atoms with Crippen LogP contribution in [0.25, 0.3) is 0 Å². The molecule has 140 valence electrons. The van der Waals surface area contributed by atoms with Gasteiger partial charge in [-0.25, -0.2) is 0 Å². The molecule has 27 heavy (non-hydrogen) atoms. The summed E-state index contributed by atoms with van der Waals surface area (Å²) < 4.78 is 0. The lowest BCUT2D eigenvalue weighted by atomic mass is 9.97. The van der Waals surface area contributed by atoms with Crippen LogP contribution < -0.4 is 10.2 Å². The molecule has 5 nitrogen and oxygen atoms in total. The van der Waals surface area contributed by atoms with Gasteiger partial charge in [0.05, 0.1) is 11.3 Å². The maximum absolute atomic E-state index is 12.9. The van der Waals surface area contributed by atoms with E-state index in [1.165, 1.54) is 0 Å². The standard InChI is InChI=1S/C22H25N3O2/c1-2-24-19-14-17(21(26)23-15-16-8-4-3-5-9-16)11-12-18(19)22(27)25-13-7-6-10-20(24)25/h3-5,8-9,11-12,14,20H,2,6-7,10,13,15H2,1H3,(H,23,26)/t20-/m0/s1. The van der Waals surface area contributed by atoms with Gasteiger partial charge in [0.15, 0.2) is 0 Å². The highest BCUT2D eigenvalue weighted by molar-refractivity contribution is 6.04. The van der Waals surface area contributed by atoms with Gasteiger partial charge < -0.3 is 15.1 Å². The molecule has 2 aromatic carbocycles. The van der Waals surface area contributed by atoms with E-state index in [1.807, 2.05) is 47.4 Å². The number of carbonyl (C=O) groups is 2. The number of fused-ring (bicyclic) bond motifs is 2. The number of nitrogens with zero attached hydrogens (tertiary/aromatic N) is 2. The zero-order valence-corrected chi connectivity index (χ0v) is 15.6. The van der Waals surface area contributed by atoms with E-state index in [0.717, 1.165) is 43.6 Å². The zero-order chi connectivity index (χ0) is 18.8. The summed E-state index contributed by atoms with van der Waals surface area (Å²) in [6.45, 7) is 4.23. The Labute approximate surface area is 160 Å². The van der Waals surface area contributed by atoms with Crippen molar-refractivity contribution >= 4 is 17.5 Å². The van der Waals surface area contributed by atoms with Gasteiger partial charge in [0.1, 0.15) is 6.17 Å². The number of hydrogen-bond donors (Lipinski definition) is 1. The molecule has 4 rings (SSSR count). The molecule has 2 heterocycles. The molecule has 0 bridgehead atoms. The minimum absolute atomic E-state index is 0.0932. The largest absolute Gasteiger partial charge is 0.351 e. The number of hydrogen-bond acceptors (Lipinski definition) is 3. The third kappa shape index (κ3) is 3.29. The summed E-state index contributed by atoms with van der Waals surface area (Å²) in [4.78, 5) is 29.8. The average molecular weight is 363 g/mol. The van der Waals surface area contributed by atoms with Crippen LogP contribution in [-0.2, 0) is 6.54 Å². The summed E-state index contributed by atoms with van der Waals surface area (Å²) in [7, 11) is 0. The Balaban J connectivity index is 1.58.